The van der Waals surface area contributed by atoms with Crippen molar-refractivity contribution in [3.05, 3.63) is 167 Å². The van der Waals surface area contributed by atoms with Crippen molar-refractivity contribution >= 4 is 79.0 Å². The van der Waals surface area contributed by atoms with Gasteiger partial charge in [0.15, 0.2) is 0 Å². The van der Waals surface area contributed by atoms with E-state index in [2.05, 4.69) is 245 Å². The molecule has 0 amide bonds. The van der Waals surface area contributed by atoms with Gasteiger partial charge in [-0.15, -0.1) is 0 Å². The predicted octanol–water partition coefficient (Wildman–Crippen LogP) is 14.7. The topological polar surface area (TPSA) is 11.4 Å². The molecule has 0 spiro atoms. The summed E-state index contributed by atoms with van der Waals surface area (Å²) in [5.41, 5.74) is 22.8. The minimum Gasteiger partial charge on any atom is -0.311 e. The Morgan fingerprint density at radius 3 is 1.06 bits per heavy atom. The van der Waals surface area contributed by atoms with E-state index in [1.807, 2.05) is 0 Å². The smallest absolute Gasteiger partial charge is 0.252 e. The highest BCUT2D eigenvalue weighted by molar-refractivity contribution is 7.00. The third-order valence-corrected chi connectivity index (χ3v) is 14.1. The minimum absolute atomic E-state index is 0.0170. The number of hydrogen-bond acceptors (Lipinski definition) is 2. The molecular formula is C60H64BN3. The molecule has 1 aromatic heterocycles. The number of aryl methyl sites for hydroxylation is 2. The highest BCUT2D eigenvalue weighted by Crippen LogP contribution is 2.47. The van der Waals surface area contributed by atoms with Crippen LogP contribution in [0.3, 0.4) is 0 Å². The molecule has 7 aromatic carbocycles. The molecule has 3 nitrogen and oxygen atoms in total. The van der Waals surface area contributed by atoms with E-state index >= 15 is 0 Å². The molecule has 0 N–H and O–H groups in total. The molecule has 3 heterocycles. The Balaban J connectivity index is 1.36. The van der Waals surface area contributed by atoms with Gasteiger partial charge in [0.1, 0.15) is 0 Å². The fourth-order valence-corrected chi connectivity index (χ4v) is 10.4. The highest BCUT2D eigenvalue weighted by Gasteiger charge is 2.44. The molecule has 2 aliphatic rings. The van der Waals surface area contributed by atoms with E-state index in [9.17, 15) is 0 Å². The lowest BCUT2D eigenvalue weighted by atomic mass is 9.33. The Morgan fingerprint density at radius 1 is 0.344 bits per heavy atom. The first kappa shape index (κ1) is 42.0. The molecule has 0 bridgehead atoms. The van der Waals surface area contributed by atoms with Gasteiger partial charge in [-0.25, -0.2) is 0 Å². The van der Waals surface area contributed by atoms with Crippen LogP contribution in [0.2, 0.25) is 0 Å². The molecule has 2 aliphatic heterocycles. The lowest BCUT2D eigenvalue weighted by Gasteiger charge is -2.44. The zero-order chi connectivity index (χ0) is 45.4. The van der Waals surface area contributed by atoms with Gasteiger partial charge in [0.2, 0.25) is 0 Å². The van der Waals surface area contributed by atoms with Crippen LogP contribution in [0.5, 0.6) is 0 Å². The summed E-state index contributed by atoms with van der Waals surface area (Å²) in [7, 11) is 0. The van der Waals surface area contributed by atoms with E-state index in [4.69, 9.17) is 0 Å². The first-order chi connectivity index (χ1) is 30.1. The van der Waals surface area contributed by atoms with Gasteiger partial charge in [0.05, 0.1) is 16.7 Å². The lowest BCUT2D eigenvalue weighted by Crippen LogP contribution is -2.61. The van der Waals surface area contributed by atoms with Gasteiger partial charge in [-0.3, -0.25) is 0 Å². The van der Waals surface area contributed by atoms with Gasteiger partial charge in [-0.2, -0.15) is 0 Å². The molecule has 8 aromatic rings. The second kappa shape index (κ2) is 14.3. The summed E-state index contributed by atoms with van der Waals surface area (Å²) >= 11 is 0. The van der Waals surface area contributed by atoms with Gasteiger partial charge in [0, 0.05) is 44.9 Å². The quantitative estimate of drug-likeness (QED) is 0.164. The number of rotatable bonds is 3. The van der Waals surface area contributed by atoms with Gasteiger partial charge < -0.3 is 14.4 Å². The van der Waals surface area contributed by atoms with E-state index in [-0.39, 0.29) is 28.4 Å². The average molecular weight is 838 g/mol. The minimum atomic E-state index is -0.0170. The molecule has 0 radical (unpaired) electrons. The molecule has 0 saturated heterocycles. The summed E-state index contributed by atoms with van der Waals surface area (Å²) in [5.74, 6) is 0. The molecule has 322 valence electrons. The van der Waals surface area contributed by atoms with Crippen LogP contribution >= 0.6 is 0 Å². The number of benzene rings is 7. The first-order valence-electron chi connectivity index (χ1n) is 23.4. The molecule has 4 heteroatoms. The van der Waals surface area contributed by atoms with Crippen LogP contribution in [-0.2, 0) is 21.7 Å². The van der Waals surface area contributed by atoms with Gasteiger partial charge in [0.25, 0.3) is 6.71 Å². The van der Waals surface area contributed by atoms with Crippen molar-refractivity contribution in [1.82, 2.24) is 4.57 Å². The molecule has 64 heavy (non-hydrogen) atoms. The number of nitrogens with zero attached hydrogens (tertiary/aromatic N) is 3. The van der Waals surface area contributed by atoms with Crippen LogP contribution < -0.4 is 26.2 Å². The maximum Gasteiger partial charge on any atom is 0.252 e. The Hall–Kier alpha value is -6.00. The average Bonchev–Trinajstić information content (AvgIpc) is 3.55. The number of fused-ring (bicyclic) bond motifs is 7. The van der Waals surface area contributed by atoms with E-state index < -0.39 is 0 Å². The fourth-order valence-electron chi connectivity index (χ4n) is 10.4. The van der Waals surface area contributed by atoms with Crippen molar-refractivity contribution in [1.29, 1.82) is 0 Å². The SMILES string of the molecule is Cc1ccc2c(c1)B1c3cc(C)ccc3N(c3ccc(C(C)(C)C)cc3)c3cc(-n4c5cc(C(C)(C)C)ccc5c5ccc(C(C)(C)C)cc54)cc(c31)N2c1ccc(C(C)(C)C)cc1. The molecule has 0 fully saturated rings. The van der Waals surface area contributed by atoms with Crippen molar-refractivity contribution in [3.63, 3.8) is 0 Å². The van der Waals surface area contributed by atoms with Crippen LogP contribution in [0.1, 0.15) is 116 Å². The monoisotopic (exact) mass is 838 g/mol. The zero-order valence-electron chi connectivity index (χ0n) is 40.6. The zero-order valence-corrected chi connectivity index (χ0v) is 40.6. The molecule has 0 atom stereocenters. The van der Waals surface area contributed by atoms with Crippen LogP contribution in [-0.4, -0.2) is 11.3 Å². The highest BCUT2D eigenvalue weighted by atomic mass is 15.2. The number of aromatic nitrogens is 1. The van der Waals surface area contributed by atoms with Crippen LogP contribution in [0.4, 0.5) is 34.1 Å². The second-order valence-electron chi connectivity index (χ2n) is 23.0. The van der Waals surface area contributed by atoms with E-state index in [1.54, 1.807) is 0 Å². The Bertz CT molecular complexity index is 2950. The standard InChI is InChI=1S/C60H64BN3/c1-37-15-29-50-48(31-37)61-49-32-38(2)16-30-51(49)63(44-25-19-40(20-26-44)58(6,7)8)55-36-45(35-54(56(55)61)62(50)43-23-17-39(18-24-43)57(3,4)5)64-52-33-41(59(9,10)11)21-27-46(52)47-28-22-42(34-53(47)64)60(12,13)14/h15-36H,1-14H3. The number of hydrogen-bond donors (Lipinski definition) is 0. The third kappa shape index (κ3) is 6.79. The Kier molecular flexibility index (Phi) is 9.35. The largest absolute Gasteiger partial charge is 0.311 e. The third-order valence-electron chi connectivity index (χ3n) is 14.1. The maximum atomic E-state index is 2.58. The summed E-state index contributed by atoms with van der Waals surface area (Å²) in [6, 6.07) is 52.3. The van der Waals surface area contributed by atoms with Crippen molar-refractivity contribution in [2.45, 2.75) is 119 Å². The molecule has 0 saturated carbocycles. The van der Waals surface area contributed by atoms with Crippen LogP contribution in [0.15, 0.2) is 133 Å². The summed E-state index contributed by atoms with van der Waals surface area (Å²) in [5, 5.41) is 2.55. The summed E-state index contributed by atoms with van der Waals surface area (Å²) in [6.07, 6.45) is 0. The maximum absolute atomic E-state index is 2.58. The predicted molar refractivity (Wildman–Crippen MR) is 279 cm³/mol. The van der Waals surface area contributed by atoms with Gasteiger partial charge in [-0.1, -0.05) is 167 Å². The van der Waals surface area contributed by atoms with Crippen LogP contribution in [0.25, 0.3) is 27.5 Å². The van der Waals surface area contributed by atoms with Gasteiger partial charge >= 0.3 is 0 Å². The molecule has 10 rings (SSSR count). The Morgan fingerprint density at radius 2 is 0.703 bits per heavy atom. The second-order valence-corrected chi connectivity index (χ2v) is 23.0. The van der Waals surface area contributed by atoms with Crippen molar-refractivity contribution in [2.75, 3.05) is 9.80 Å². The summed E-state index contributed by atoms with van der Waals surface area (Å²) < 4.78 is 2.58. The summed E-state index contributed by atoms with van der Waals surface area (Å²) in [4.78, 5) is 5.13. The number of anilines is 6. The lowest BCUT2D eigenvalue weighted by molar-refractivity contribution is 0.590. The van der Waals surface area contributed by atoms with Crippen molar-refractivity contribution in [2.24, 2.45) is 0 Å². The molecule has 0 unspecified atom stereocenters. The first-order valence-corrected chi connectivity index (χ1v) is 23.4. The van der Waals surface area contributed by atoms with Gasteiger partial charge in [-0.05, 0) is 135 Å². The van der Waals surface area contributed by atoms with Crippen molar-refractivity contribution < 1.29 is 0 Å². The fraction of sp³-hybridized carbons (Fsp3) is 0.300. The molecular weight excluding hydrogens is 773 g/mol. The molecule has 0 aliphatic carbocycles. The Labute approximate surface area is 382 Å². The summed E-state index contributed by atoms with van der Waals surface area (Å²) in [6.45, 7) is 32.3. The van der Waals surface area contributed by atoms with E-state index in [1.165, 1.54) is 106 Å². The van der Waals surface area contributed by atoms with E-state index in [0.717, 1.165) is 5.69 Å². The van der Waals surface area contributed by atoms with Crippen molar-refractivity contribution in [3.8, 4) is 5.69 Å². The normalized spacial score (nSPS) is 14.0. The van der Waals surface area contributed by atoms with Crippen LogP contribution in [0, 0.1) is 13.8 Å². The van der Waals surface area contributed by atoms with E-state index in [0.29, 0.717) is 0 Å².